The van der Waals surface area contributed by atoms with E-state index in [1.54, 1.807) is 25.2 Å². The number of sulfonamides is 1. The Labute approximate surface area is 113 Å². The minimum atomic E-state index is -3.51. The topological polar surface area (TPSA) is 46.6 Å². The molecule has 0 amide bonds. The second-order valence-electron chi connectivity index (χ2n) is 4.45. The molecule has 1 atom stereocenters. The normalized spacial score (nSPS) is 20.5. The maximum absolute atomic E-state index is 12.3. The number of halogens is 1. The summed E-state index contributed by atoms with van der Waals surface area (Å²) in [6.45, 7) is 1.81. The van der Waals surface area contributed by atoms with E-state index < -0.39 is 10.0 Å². The second kappa shape index (κ2) is 5.57. The molecule has 6 heteroatoms. The summed E-state index contributed by atoms with van der Waals surface area (Å²) in [6.07, 6.45) is 0.905. The summed E-state index contributed by atoms with van der Waals surface area (Å²) in [5.74, 6) is 0.271. The van der Waals surface area contributed by atoms with Crippen molar-refractivity contribution in [1.82, 2.24) is 4.31 Å². The summed E-state index contributed by atoms with van der Waals surface area (Å²) in [5.41, 5.74) is 0. The highest BCUT2D eigenvalue weighted by Crippen LogP contribution is 2.25. The van der Waals surface area contributed by atoms with Crippen LogP contribution in [0.15, 0.2) is 29.2 Å². The number of ether oxygens (including phenoxy) is 1. The van der Waals surface area contributed by atoms with Gasteiger partial charge in [-0.3, -0.25) is 0 Å². The van der Waals surface area contributed by atoms with Gasteiger partial charge >= 0.3 is 0 Å². The zero-order valence-electron chi connectivity index (χ0n) is 10.2. The van der Waals surface area contributed by atoms with Crippen molar-refractivity contribution in [1.29, 1.82) is 0 Å². The van der Waals surface area contributed by atoms with E-state index in [0.717, 1.165) is 6.42 Å². The number of rotatable bonds is 4. The van der Waals surface area contributed by atoms with Crippen LogP contribution in [0.25, 0.3) is 0 Å². The Kier molecular flexibility index (Phi) is 4.27. The van der Waals surface area contributed by atoms with Crippen LogP contribution in [-0.4, -0.2) is 39.5 Å². The van der Waals surface area contributed by atoms with Crippen LogP contribution < -0.4 is 0 Å². The van der Waals surface area contributed by atoms with Crippen molar-refractivity contribution in [3.63, 3.8) is 0 Å². The minimum Gasteiger partial charge on any atom is -0.381 e. The van der Waals surface area contributed by atoms with Crippen LogP contribution in [0.4, 0.5) is 0 Å². The summed E-state index contributed by atoms with van der Waals surface area (Å²) >= 11 is 5.94. The smallest absolute Gasteiger partial charge is 0.244 e. The monoisotopic (exact) mass is 289 g/mol. The van der Waals surface area contributed by atoms with Crippen LogP contribution in [0.3, 0.4) is 0 Å². The Morgan fingerprint density at radius 3 is 2.78 bits per heavy atom. The highest BCUT2D eigenvalue weighted by atomic mass is 35.5. The van der Waals surface area contributed by atoms with Crippen molar-refractivity contribution in [2.45, 2.75) is 11.3 Å². The molecule has 0 aliphatic carbocycles. The van der Waals surface area contributed by atoms with E-state index in [9.17, 15) is 8.42 Å². The third-order valence-electron chi connectivity index (χ3n) is 3.06. The Hall–Kier alpha value is -0.620. The largest absolute Gasteiger partial charge is 0.381 e. The lowest BCUT2D eigenvalue weighted by Gasteiger charge is -2.20. The Bertz CT molecular complexity index is 512. The van der Waals surface area contributed by atoms with E-state index in [0.29, 0.717) is 19.8 Å². The van der Waals surface area contributed by atoms with Gasteiger partial charge in [0.25, 0.3) is 0 Å². The molecule has 18 heavy (non-hydrogen) atoms. The van der Waals surface area contributed by atoms with Crippen molar-refractivity contribution in [3.05, 3.63) is 29.3 Å². The summed E-state index contributed by atoms with van der Waals surface area (Å²) in [4.78, 5) is 0.160. The Balaban J connectivity index is 2.17. The van der Waals surface area contributed by atoms with Gasteiger partial charge in [0.15, 0.2) is 0 Å². The zero-order chi connectivity index (χ0) is 13.2. The summed E-state index contributed by atoms with van der Waals surface area (Å²) < 4.78 is 31.3. The van der Waals surface area contributed by atoms with Gasteiger partial charge in [-0.15, -0.1) is 0 Å². The standard InChI is InChI=1S/C12H16ClNO3S/c1-14(8-10-6-7-17-9-10)18(15,16)12-5-3-2-4-11(12)13/h2-5,10H,6-9H2,1H3/t10-/m0/s1. The molecule has 1 aliphatic rings. The van der Waals surface area contributed by atoms with E-state index in [4.69, 9.17) is 16.3 Å². The van der Waals surface area contributed by atoms with Crippen LogP contribution in [0.5, 0.6) is 0 Å². The molecule has 0 radical (unpaired) electrons. The molecule has 0 unspecified atom stereocenters. The van der Waals surface area contributed by atoms with E-state index in [1.165, 1.54) is 10.4 Å². The van der Waals surface area contributed by atoms with E-state index >= 15 is 0 Å². The van der Waals surface area contributed by atoms with Gasteiger partial charge in [-0.1, -0.05) is 23.7 Å². The lowest BCUT2D eigenvalue weighted by atomic mass is 10.1. The van der Waals surface area contributed by atoms with E-state index in [-0.39, 0.29) is 15.8 Å². The molecule has 0 spiro atoms. The maximum Gasteiger partial charge on any atom is 0.244 e. The van der Waals surface area contributed by atoms with Crippen molar-refractivity contribution in [3.8, 4) is 0 Å². The molecular weight excluding hydrogens is 274 g/mol. The maximum atomic E-state index is 12.3. The highest BCUT2D eigenvalue weighted by molar-refractivity contribution is 7.89. The first-order valence-corrected chi connectivity index (χ1v) is 7.62. The van der Waals surface area contributed by atoms with Crippen LogP contribution >= 0.6 is 11.6 Å². The van der Waals surface area contributed by atoms with E-state index in [1.807, 2.05) is 0 Å². The average molecular weight is 290 g/mol. The zero-order valence-corrected chi connectivity index (χ0v) is 11.7. The molecule has 1 aliphatic heterocycles. The molecule has 1 aromatic rings. The number of nitrogens with zero attached hydrogens (tertiary/aromatic N) is 1. The van der Waals surface area contributed by atoms with Gasteiger partial charge in [0.2, 0.25) is 10.0 Å². The molecule has 4 nitrogen and oxygen atoms in total. The molecule has 0 bridgehead atoms. The molecular formula is C12H16ClNO3S. The molecule has 0 aromatic heterocycles. The van der Waals surface area contributed by atoms with Gasteiger partial charge in [-0.2, -0.15) is 0 Å². The van der Waals surface area contributed by atoms with Crippen LogP contribution in [0.1, 0.15) is 6.42 Å². The fourth-order valence-corrected chi connectivity index (χ4v) is 3.75. The molecule has 0 saturated carbocycles. The fraction of sp³-hybridized carbons (Fsp3) is 0.500. The summed E-state index contributed by atoms with van der Waals surface area (Å²) in [7, 11) is -1.93. The number of benzene rings is 1. The first kappa shape index (κ1) is 13.8. The second-order valence-corrected chi connectivity index (χ2v) is 6.87. The fourth-order valence-electron chi connectivity index (χ4n) is 2.01. The SMILES string of the molecule is CN(C[C@@H]1CCOC1)S(=O)(=O)c1ccccc1Cl. The highest BCUT2D eigenvalue weighted by Gasteiger charge is 2.27. The van der Waals surface area contributed by atoms with Gasteiger partial charge < -0.3 is 4.74 Å². The quantitative estimate of drug-likeness (QED) is 0.852. The van der Waals surface area contributed by atoms with Gasteiger partial charge in [-0.25, -0.2) is 12.7 Å². The minimum absolute atomic E-state index is 0.160. The predicted molar refractivity (Wildman–Crippen MR) is 70.2 cm³/mol. The van der Waals surface area contributed by atoms with Gasteiger partial charge in [-0.05, 0) is 24.5 Å². The third-order valence-corrected chi connectivity index (χ3v) is 5.39. The molecule has 2 rings (SSSR count). The van der Waals surface area contributed by atoms with Gasteiger partial charge in [0.05, 0.1) is 11.6 Å². The van der Waals surface area contributed by atoms with Crippen LogP contribution in [0, 0.1) is 5.92 Å². The van der Waals surface area contributed by atoms with Crippen LogP contribution in [0.2, 0.25) is 5.02 Å². The van der Waals surface area contributed by atoms with Crippen molar-refractivity contribution in [2.75, 3.05) is 26.8 Å². The molecule has 1 aromatic carbocycles. The molecule has 100 valence electrons. The molecule has 1 heterocycles. The Morgan fingerprint density at radius 2 is 2.17 bits per heavy atom. The summed E-state index contributed by atoms with van der Waals surface area (Å²) in [6, 6.07) is 6.50. The summed E-state index contributed by atoms with van der Waals surface area (Å²) in [5, 5.41) is 0.257. The average Bonchev–Trinajstić information content (AvgIpc) is 2.82. The van der Waals surface area contributed by atoms with E-state index in [2.05, 4.69) is 0 Å². The first-order valence-electron chi connectivity index (χ1n) is 5.80. The van der Waals surface area contributed by atoms with Crippen LogP contribution in [-0.2, 0) is 14.8 Å². The molecule has 1 fully saturated rings. The molecule has 1 saturated heterocycles. The van der Waals surface area contributed by atoms with Crippen molar-refractivity contribution < 1.29 is 13.2 Å². The lowest BCUT2D eigenvalue weighted by molar-refractivity contribution is 0.182. The van der Waals surface area contributed by atoms with Crippen molar-refractivity contribution >= 4 is 21.6 Å². The third kappa shape index (κ3) is 2.85. The Morgan fingerprint density at radius 1 is 1.44 bits per heavy atom. The van der Waals surface area contributed by atoms with Gasteiger partial charge in [0.1, 0.15) is 4.90 Å². The molecule has 0 N–H and O–H groups in total. The first-order chi connectivity index (χ1) is 8.51. The van der Waals surface area contributed by atoms with Crippen molar-refractivity contribution in [2.24, 2.45) is 5.92 Å². The number of hydrogen-bond acceptors (Lipinski definition) is 3. The van der Waals surface area contributed by atoms with Gasteiger partial charge in [0, 0.05) is 20.2 Å². The predicted octanol–water partition coefficient (Wildman–Crippen LogP) is 2.00. The lowest BCUT2D eigenvalue weighted by Crippen LogP contribution is -2.32. The number of hydrogen-bond donors (Lipinski definition) is 0.